The highest BCUT2D eigenvalue weighted by Crippen LogP contribution is 2.32. The molecule has 0 atom stereocenters. The van der Waals surface area contributed by atoms with Gasteiger partial charge in [0.2, 0.25) is 0 Å². The molecule has 8 nitrogen and oxygen atoms in total. The number of nitrogens with zero attached hydrogens (tertiary/aromatic N) is 4. The number of para-hydroxylation sites is 1. The molecule has 2 aromatic heterocycles. The predicted octanol–water partition coefficient (Wildman–Crippen LogP) is 6.87. The summed E-state index contributed by atoms with van der Waals surface area (Å²) >= 11 is 1.45. The molecule has 0 spiro atoms. The monoisotopic (exact) mass is 663 g/mol. The van der Waals surface area contributed by atoms with Gasteiger partial charge in [-0.05, 0) is 42.3 Å². The number of carbonyl (C=O) groups is 1. The zero-order valence-corrected chi connectivity index (χ0v) is 27.0. The molecule has 1 saturated heterocycles. The normalized spacial score (nSPS) is 13.8. The molecule has 0 unspecified atom stereocenters. The summed E-state index contributed by atoms with van der Waals surface area (Å²) in [5.41, 5.74) is 3.56. The number of aromatic nitrogens is 2. The second-order valence-electron chi connectivity index (χ2n) is 11.5. The van der Waals surface area contributed by atoms with Crippen LogP contribution in [0.2, 0.25) is 0 Å². The first-order chi connectivity index (χ1) is 22.7. The number of anilines is 1. The smallest absolute Gasteiger partial charge is 0.416 e. The number of piperazine rings is 1. The highest BCUT2D eigenvalue weighted by Gasteiger charge is 2.31. The Labute approximate surface area is 275 Å². The first-order valence-electron chi connectivity index (χ1n) is 15.4. The lowest BCUT2D eigenvalue weighted by Crippen LogP contribution is -2.49. The van der Waals surface area contributed by atoms with Crippen molar-refractivity contribution >= 4 is 33.8 Å². The number of alkyl halides is 3. The molecule has 12 heteroatoms. The maximum Gasteiger partial charge on any atom is 0.416 e. The molecule has 246 valence electrons. The van der Waals surface area contributed by atoms with Gasteiger partial charge < -0.3 is 24.3 Å². The summed E-state index contributed by atoms with van der Waals surface area (Å²) in [6.07, 6.45) is -1.53. The topological polar surface area (TPSA) is 73.9 Å². The Bertz CT molecular complexity index is 1830. The number of ether oxygens (including phenoxy) is 2. The minimum atomic E-state index is -4.40. The summed E-state index contributed by atoms with van der Waals surface area (Å²) in [7, 11) is 3.27. The van der Waals surface area contributed by atoms with E-state index in [4.69, 9.17) is 14.5 Å². The zero-order valence-electron chi connectivity index (χ0n) is 26.2. The number of carbonyl (C=O) groups excluding carboxylic acids is 1. The number of fused-ring (bicyclic) bond motifs is 1. The Balaban J connectivity index is 1.13. The van der Waals surface area contributed by atoms with E-state index >= 15 is 0 Å². The number of hydrogen-bond acceptors (Lipinski definition) is 7. The number of hydrogen-bond donors (Lipinski definition) is 1. The van der Waals surface area contributed by atoms with E-state index in [9.17, 15) is 18.0 Å². The molecule has 1 aliphatic heterocycles. The summed E-state index contributed by atoms with van der Waals surface area (Å²) < 4.78 is 50.7. The van der Waals surface area contributed by atoms with Crippen LogP contribution >= 0.6 is 11.3 Å². The van der Waals surface area contributed by atoms with Crippen molar-refractivity contribution in [1.82, 2.24) is 19.8 Å². The van der Waals surface area contributed by atoms with Gasteiger partial charge in [-0.25, -0.2) is 4.98 Å². The fourth-order valence-electron chi connectivity index (χ4n) is 5.94. The van der Waals surface area contributed by atoms with Gasteiger partial charge in [-0.3, -0.25) is 9.69 Å². The number of amides is 1. The highest BCUT2D eigenvalue weighted by molar-refractivity contribution is 7.09. The molecule has 1 fully saturated rings. The van der Waals surface area contributed by atoms with Gasteiger partial charge in [-0.1, -0.05) is 30.3 Å². The molecule has 3 aromatic carbocycles. The fraction of sp³-hybridized carbons (Fsp3) is 0.314. The minimum absolute atomic E-state index is 0.168. The number of halogens is 3. The second kappa shape index (κ2) is 14.1. The predicted molar refractivity (Wildman–Crippen MR) is 177 cm³/mol. The van der Waals surface area contributed by atoms with Crippen molar-refractivity contribution in [2.75, 3.05) is 51.8 Å². The van der Waals surface area contributed by atoms with Crippen LogP contribution in [-0.2, 0) is 25.7 Å². The second-order valence-corrected chi connectivity index (χ2v) is 12.4. The van der Waals surface area contributed by atoms with Gasteiger partial charge in [0.15, 0.2) is 0 Å². The van der Waals surface area contributed by atoms with Crippen LogP contribution in [0.3, 0.4) is 0 Å². The largest absolute Gasteiger partial charge is 0.497 e. The average Bonchev–Trinajstić information content (AvgIpc) is 3.74. The van der Waals surface area contributed by atoms with E-state index in [2.05, 4.69) is 28.2 Å². The Morgan fingerprint density at radius 3 is 2.53 bits per heavy atom. The molecule has 0 saturated carbocycles. The van der Waals surface area contributed by atoms with E-state index in [1.54, 1.807) is 30.6 Å². The number of rotatable bonds is 11. The Morgan fingerprint density at radius 2 is 1.77 bits per heavy atom. The number of nitrogens with one attached hydrogen (secondary N) is 1. The van der Waals surface area contributed by atoms with Gasteiger partial charge >= 0.3 is 6.18 Å². The first-order valence-corrected chi connectivity index (χ1v) is 16.2. The Kier molecular flexibility index (Phi) is 9.69. The van der Waals surface area contributed by atoms with Gasteiger partial charge in [0, 0.05) is 79.1 Å². The Morgan fingerprint density at radius 1 is 0.957 bits per heavy atom. The molecule has 0 aliphatic carbocycles. The van der Waals surface area contributed by atoms with E-state index in [1.807, 2.05) is 35.2 Å². The number of benzene rings is 3. The van der Waals surface area contributed by atoms with Crippen LogP contribution < -0.4 is 14.4 Å². The summed E-state index contributed by atoms with van der Waals surface area (Å²) in [5.74, 6) is 1.29. The van der Waals surface area contributed by atoms with Crippen molar-refractivity contribution in [3.63, 3.8) is 0 Å². The fourth-order valence-corrected chi connectivity index (χ4v) is 6.75. The molecule has 5 aromatic rings. The Hall–Kier alpha value is -4.55. The maximum absolute atomic E-state index is 13.4. The van der Waals surface area contributed by atoms with Crippen molar-refractivity contribution in [1.29, 1.82) is 0 Å². The third-order valence-electron chi connectivity index (χ3n) is 8.50. The molecular formula is C35H36F3N5O3S. The lowest BCUT2D eigenvalue weighted by molar-refractivity contribution is -0.137. The van der Waals surface area contributed by atoms with Crippen LogP contribution in [0.5, 0.6) is 11.5 Å². The van der Waals surface area contributed by atoms with Crippen molar-refractivity contribution < 1.29 is 27.4 Å². The highest BCUT2D eigenvalue weighted by atomic mass is 32.1. The minimum Gasteiger partial charge on any atom is -0.497 e. The van der Waals surface area contributed by atoms with E-state index in [0.29, 0.717) is 50.6 Å². The maximum atomic E-state index is 13.4. The van der Waals surface area contributed by atoms with E-state index in [1.165, 1.54) is 28.4 Å². The van der Waals surface area contributed by atoms with E-state index in [-0.39, 0.29) is 5.91 Å². The average molecular weight is 664 g/mol. The van der Waals surface area contributed by atoms with Crippen LogP contribution in [0.25, 0.3) is 10.9 Å². The number of methoxy groups -OCH3 is 2. The van der Waals surface area contributed by atoms with Crippen LogP contribution in [0.4, 0.5) is 18.9 Å². The molecule has 6 rings (SSSR count). The zero-order chi connectivity index (χ0) is 33.0. The summed E-state index contributed by atoms with van der Waals surface area (Å²) in [6.45, 7) is 3.57. The van der Waals surface area contributed by atoms with Gasteiger partial charge in [-0.15, -0.1) is 11.3 Å². The van der Waals surface area contributed by atoms with E-state index in [0.717, 1.165) is 52.7 Å². The summed E-state index contributed by atoms with van der Waals surface area (Å²) in [6, 6.07) is 19.4. The molecule has 0 bridgehead atoms. The van der Waals surface area contributed by atoms with E-state index < -0.39 is 11.7 Å². The first kappa shape index (κ1) is 32.4. The number of aromatic amines is 1. The van der Waals surface area contributed by atoms with Crippen molar-refractivity contribution in [3.8, 4) is 11.5 Å². The third-order valence-corrected chi connectivity index (χ3v) is 9.33. The van der Waals surface area contributed by atoms with Gasteiger partial charge in [0.1, 0.15) is 22.2 Å². The van der Waals surface area contributed by atoms with Gasteiger partial charge in [0.05, 0.1) is 26.3 Å². The molecular weight excluding hydrogens is 627 g/mol. The lowest BCUT2D eigenvalue weighted by Gasteiger charge is -2.36. The van der Waals surface area contributed by atoms with Crippen LogP contribution in [0.1, 0.15) is 32.2 Å². The standard InChI is InChI=1S/C35H36F3N5O3S/c1-45-28-11-10-25(32(19-28)46-2)21-41(13-12-24-20-39-30-9-4-3-8-29(24)30)22-33-40-31(23-47-33)34(44)43-16-14-42(15-17-43)27-7-5-6-26(18-27)35(36,37)38/h3-11,18-20,23,39H,12-17,21-22H2,1-2H3. The van der Waals surface area contributed by atoms with Crippen molar-refractivity contribution in [2.45, 2.75) is 25.7 Å². The molecule has 3 heterocycles. The molecule has 1 aliphatic rings. The number of thiazole rings is 1. The summed E-state index contributed by atoms with van der Waals surface area (Å²) in [5, 5.41) is 3.81. The van der Waals surface area contributed by atoms with Crippen LogP contribution in [0, 0.1) is 0 Å². The molecule has 1 amide bonds. The summed E-state index contributed by atoms with van der Waals surface area (Å²) in [4.78, 5) is 27.4. The molecule has 47 heavy (non-hydrogen) atoms. The molecule has 0 radical (unpaired) electrons. The van der Waals surface area contributed by atoms with Crippen molar-refractivity contribution in [2.24, 2.45) is 0 Å². The van der Waals surface area contributed by atoms with Gasteiger partial charge in [0.25, 0.3) is 5.91 Å². The van der Waals surface area contributed by atoms with Crippen molar-refractivity contribution in [3.05, 3.63) is 106 Å². The molecule has 1 N–H and O–H groups in total. The van der Waals surface area contributed by atoms with Gasteiger partial charge in [-0.2, -0.15) is 13.2 Å². The third kappa shape index (κ3) is 7.55. The lowest BCUT2D eigenvalue weighted by atomic mass is 10.1. The quantitative estimate of drug-likeness (QED) is 0.166. The number of H-pyrrole nitrogens is 1. The van der Waals surface area contributed by atoms with Crippen LogP contribution in [-0.4, -0.2) is 72.6 Å². The SMILES string of the molecule is COc1ccc(CN(CCc2c[nH]c3ccccc23)Cc2nc(C(=O)N3CCN(c4cccc(C(F)(F)F)c4)CC3)cs2)c(OC)c1. The van der Waals surface area contributed by atoms with Crippen LogP contribution in [0.15, 0.2) is 78.3 Å².